The predicted octanol–water partition coefficient (Wildman–Crippen LogP) is 4.18. The molecule has 6 heteroatoms. The van der Waals surface area contributed by atoms with Crippen molar-refractivity contribution in [3.8, 4) is 5.75 Å². The summed E-state index contributed by atoms with van der Waals surface area (Å²) in [5.41, 5.74) is 5.91. The van der Waals surface area contributed by atoms with Crippen LogP contribution in [0.2, 0.25) is 0 Å². The lowest BCUT2D eigenvalue weighted by Crippen LogP contribution is -2.19. The van der Waals surface area contributed by atoms with Crippen molar-refractivity contribution in [2.45, 2.75) is 32.5 Å². The van der Waals surface area contributed by atoms with Crippen LogP contribution in [-0.4, -0.2) is 7.11 Å². The summed E-state index contributed by atoms with van der Waals surface area (Å²) in [5, 5.41) is 0. The second kappa shape index (κ2) is 7.01. The fourth-order valence-corrected chi connectivity index (χ4v) is 1.72. The smallest absolute Gasteiger partial charge is 0.416 e. The van der Waals surface area contributed by atoms with E-state index >= 15 is 0 Å². The summed E-state index contributed by atoms with van der Waals surface area (Å²) in [6.07, 6.45) is -3.52. The molecule has 0 saturated heterocycles. The predicted molar refractivity (Wildman–Crippen MR) is 71.6 cm³/mol. The van der Waals surface area contributed by atoms with Gasteiger partial charge in [0.25, 0.3) is 0 Å². The van der Waals surface area contributed by atoms with Gasteiger partial charge in [-0.15, -0.1) is 12.4 Å². The van der Waals surface area contributed by atoms with Crippen molar-refractivity contribution in [1.29, 1.82) is 0 Å². The lowest BCUT2D eigenvalue weighted by molar-refractivity contribution is -0.137. The van der Waals surface area contributed by atoms with E-state index < -0.39 is 11.7 Å². The second-order valence-corrected chi connectivity index (χ2v) is 4.37. The van der Waals surface area contributed by atoms with E-state index in [1.807, 2.05) is 13.8 Å². The van der Waals surface area contributed by atoms with Crippen LogP contribution in [0.1, 0.15) is 37.4 Å². The number of hydrogen-bond donors (Lipinski definition) is 1. The fourth-order valence-electron chi connectivity index (χ4n) is 1.72. The van der Waals surface area contributed by atoms with Crippen molar-refractivity contribution >= 4 is 12.4 Å². The van der Waals surface area contributed by atoms with E-state index in [0.29, 0.717) is 5.56 Å². The third-order valence-electron chi connectivity index (χ3n) is 3.18. The van der Waals surface area contributed by atoms with Crippen molar-refractivity contribution in [2.75, 3.05) is 7.11 Å². The van der Waals surface area contributed by atoms with Crippen molar-refractivity contribution in [3.05, 3.63) is 29.3 Å². The van der Waals surface area contributed by atoms with Crippen LogP contribution in [0.3, 0.4) is 0 Å². The van der Waals surface area contributed by atoms with E-state index in [2.05, 4.69) is 0 Å². The molecule has 0 saturated carbocycles. The molecule has 0 amide bonds. The molecule has 1 unspecified atom stereocenters. The summed E-state index contributed by atoms with van der Waals surface area (Å²) in [7, 11) is 1.35. The first kappa shape index (κ1) is 18.1. The second-order valence-electron chi connectivity index (χ2n) is 4.37. The molecular weight excluding hydrogens is 279 g/mol. The Kier molecular flexibility index (Phi) is 6.66. The Morgan fingerprint density at radius 3 is 2.32 bits per heavy atom. The Bertz CT molecular complexity index is 409. The molecule has 2 N–H and O–H groups in total. The van der Waals surface area contributed by atoms with Gasteiger partial charge in [-0.05, 0) is 18.1 Å². The summed E-state index contributed by atoms with van der Waals surface area (Å²) in [4.78, 5) is 0. The quantitative estimate of drug-likeness (QED) is 0.905. The highest BCUT2D eigenvalue weighted by Crippen LogP contribution is 2.36. The van der Waals surface area contributed by atoms with Crippen LogP contribution < -0.4 is 10.5 Å². The Hall–Kier alpha value is -0.940. The number of alkyl halides is 3. The van der Waals surface area contributed by atoms with Crippen molar-refractivity contribution in [3.63, 3.8) is 0 Å². The largest absolute Gasteiger partial charge is 0.496 e. The van der Waals surface area contributed by atoms with Gasteiger partial charge < -0.3 is 10.5 Å². The Balaban J connectivity index is 0.00000324. The van der Waals surface area contributed by atoms with Crippen molar-refractivity contribution in [2.24, 2.45) is 11.7 Å². The number of hydrogen-bond acceptors (Lipinski definition) is 2. The maximum absolute atomic E-state index is 12.6. The molecule has 0 fully saturated rings. The number of benzene rings is 1. The van der Waals surface area contributed by atoms with Crippen LogP contribution in [-0.2, 0) is 6.18 Å². The van der Waals surface area contributed by atoms with Crippen LogP contribution in [0.15, 0.2) is 18.2 Å². The molecule has 0 bridgehead atoms. The van der Waals surface area contributed by atoms with E-state index in [9.17, 15) is 13.2 Å². The molecule has 0 aliphatic rings. The number of methoxy groups -OCH3 is 1. The van der Waals surface area contributed by atoms with E-state index in [1.165, 1.54) is 13.2 Å². The lowest BCUT2D eigenvalue weighted by atomic mass is 9.92. The molecule has 2 atom stereocenters. The normalized spacial score (nSPS) is 14.5. The molecule has 0 radical (unpaired) electrons. The van der Waals surface area contributed by atoms with E-state index in [0.717, 1.165) is 18.6 Å². The SMILES string of the molecule is CCC(C)[C@@H](N)c1ccc(C(F)(F)F)cc1OC.Cl. The molecule has 0 aromatic heterocycles. The standard InChI is InChI=1S/C13H18F3NO.ClH/c1-4-8(2)12(17)10-6-5-9(13(14,15)16)7-11(10)18-3;/h5-8,12H,4,17H2,1-3H3;1H/t8?,12-;/m1./s1. The molecular formula is C13H19ClF3NO. The lowest BCUT2D eigenvalue weighted by Gasteiger charge is -2.22. The molecule has 0 heterocycles. The Morgan fingerprint density at radius 1 is 1.32 bits per heavy atom. The minimum Gasteiger partial charge on any atom is -0.496 e. The molecule has 1 rings (SSSR count). The number of nitrogens with two attached hydrogens (primary N) is 1. The van der Waals surface area contributed by atoms with Gasteiger partial charge in [-0.25, -0.2) is 0 Å². The molecule has 19 heavy (non-hydrogen) atoms. The molecule has 1 aromatic carbocycles. The van der Waals surface area contributed by atoms with Gasteiger partial charge in [-0.2, -0.15) is 13.2 Å². The third kappa shape index (κ3) is 4.28. The van der Waals surface area contributed by atoms with Gasteiger partial charge in [-0.3, -0.25) is 0 Å². The third-order valence-corrected chi connectivity index (χ3v) is 3.18. The molecule has 0 aliphatic carbocycles. The first-order chi connectivity index (χ1) is 8.31. The zero-order valence-electron chi connectivity index (χ0n) is 11.1. The average Bonchev–Trinajstić information content (AvgIpc) is 2.35. The highest BCUT2D eigenvalue weighted by molar-refractivity contribution is 5.85. The number of rotatable bonds is 4. The maximum Gasteiger partial charge on any atom is 0.416 e. The van der Waals surface area contributed by atoms with Gasteiger partial charge >= 0.3 is 6.18 Å². The summed E-state index contributed by atoms with van der Waals surface area (Å²) in [6.45, 7) is 3.95. The highest BCUT2D eigenvalue weighted by atomic mass is 35.5. The topological polar surface area (TPSA) is 35.2 Å². The molecule has 0 spiro atoms. The van der Waals surface area contributed by atoms with Crippen LogP contribution >= 0.6 is 12.4 Å². The van der Waals surface area contributed by atoms with Crippen LogP contribution in [0.25, 0.3) is 0 Å². The zero-order chi connectivity index (χ0) is 13.9. The van der Waals surface area contributed by atoms with E-state index in [1.54, 1.807) is 0 Å². The van der Waals surface area contributed by atoms with Crippen molar-refractivity contribution in [1.82, 2.24) is 0 Å². The van der Waals surface area contributed by atoms with Crippen LogP contribution in [0.4, 0.5) is 13.2 Å². The summed E-state index contributed by atoms with van der Waals surface area (Å²) < 4.78 is 42.7. The van der Waals surface area contributed by atoms with Crippen LogP contribution in [0.5, 0.6) is 5.75 Å². The summed E-state index contributed by atoms with van der Waals surface area (Å²) in [5.74, 6) is 0.369. The minimum absolute atomic E-state index is 0. The number of halogens is 4. The summed E-state index contributed by atoms with van der Waals surface area (Å²) in [6, 6.07) is 3.11. The first-order valence-electron chi connectivity index (χ1n) is 5.82. The van der Waals surface area contributed by atoms with E-state index in [4.69, 9.17) is 10.5 Å². The Labute approximate surface area is 117 Å². The minimum atomic E-state index is -4.37. The Morgan fingerprint density at radius 2 is 1.89 bits per heavy atom. The molecule has 2 nitrogen and oxygen atoms in total. The zero-order valence-corrected chi connectivity index (χ0v) is 11.9. The maximum atomic E-state index is 12.6. The van der Waals surface area contributed by atoms with Gasteiger partial charge in [0, 0.05) is 11.6 Å². The molecule has 0 aliphatic heterocycles. The monoisotopic (exact) mass is 297 g/mol. The number of ether oxygens (including phenoxy) is 1. The van der Waals surface area contributed by atoms with Gasteiger partial charge in [0.2, 0.25) is 0 Å². The van der Waals surface area contributed by atoms with Gasteiger partial charge in [0.1, 0.15) is 5.75 Å². The summed E-state index contributed by atoms with van der Waals surface area (Å²) >= 11 is 0. The first-order valence-corrected chi connectivity index (χ1v) is 5.82. The molecule has 1 aromatic rings. The van der Waals surface area contributed by atoms with Gasteiger partial charge in [-0.1, -0.05) is 26.3 Å². The van der Waals surface area contributed by atoms with Crippen molar-refractivity contribution < 1.29 is 17.9 Å². The van der Waals surface area contributed by atoms with Crippen LogP contribution in [0, 0.1) is 5.92 Å². The highest BCUT2D eigenvalue weighted by Gasteiger charge is 2.32. The van der Waals surface area contributed by atoms with Gasteiger partial charge in [0.15, 0.2) is 0 Å². The fraction of sp³-hybridized carbons (Fsp3) is 0.538. The van der Waals surface area contributed by atoms with Gasteiger partial charge in [0.05, 0.1) is 12.7 Å². The molecule has 110 valence electrons. The van der Waals surface area contributed by atoms with E-state index in [-0.39, 0.29) is 30.1 Å². The average molecular weight is 298 g/mol.